The number of nitrogens with zero attached hydrogens (tertiary/aromatic N) is 4. The van der Waals surface area contributed by atoms with Crippen LogP contribution in [0.5, 0.6) is 0 Å². The van der Waals surface area contributed by atoms with Gasteiger partial charge in [0.25, 0.3) is 0 Å². The molecule has 152 valence electrons. The maximum atomic E-state index is 12.8. The van der Waals surface area contributed by atoms with Crippen LogP contribution in [-0.2, 0) is 4.79 Å². The number of likely N-dealkylation sites (tertiary alicyclic amines) is 1. The molecule has 3 heterocycles. The number of thioether (sulfide) groups is 1. The van der Waals surface area contributed by atoms with Gasteiger partial charge in [0.15, 0.2) is 11.0 Å². The SMILES string of the molecule is O=C(CSc1nnc(-c2c[nH]c3ccccc23)n1C1CC1)N1CCCCCCC1. The van der Waals surface area contributed by atoms with Gasteiger partial charge in [-0.15, -0.1) is 10.2 Å². The Hall–Kier alpha value is -2.28. The summed E-state index contributed by atoms with van der Waals surface area (Å²) in [4.78, 5) is 18.2. The molecule has 3 aromatic rings. The lowest BCUT2D eigenvalue weighted by atomic mass is 10.1. The van der Waals surface area contributed by atoms with Gasteiger partial charge in [0, 0.05) is 41.8 Å². The van der Waals surface area contributed by atoms with Crippen LogP contribution in [0.15, 0.2) is 35.6 Å². The molecule has 2 aliphatic rings. The summed E-state index contributed by atoms with van der Waals surface area (Å²) >= 11 is 1.54. The van der Waals surface area contributed by atoms with Gasteiger partial charge in [-0.3, -0.25) is 9.36 Å². The minimum Gasteiger partial charge on any atom is -0.360 e. The van der Waals surface area contributed by atoms with E-state index in [-0.39, 0.29) is 5.91 Å². The van der Waals surface area contributed by atoms with Crippen molar-refractivity contribution in [1.29, 1.82) is 0 Å². The average molecular weight is 410 g/mol. The van der Waals surface area contributed by atoms with Crippen molar-refractivity contribution < 1.29 is 4.79 Å². The first-order chi connectivity index (χ1) is 14.3. The molecular formula is C22H27N5OS. The number of aromatic amines is 1. The summed E-state index contributed by atoms with van der Waals surface area (Å²) in [5.41, 5.74) is 2.19. The predicted molar refractivity (Wildman–Crippen MR) is 116 cm³/mol. The highest BCUT2D eigenvalue weighted by Gasteiger charge is 2.31. The second-order valence-electron chi connectivity index (χ2n) is 8.09. The summed E-state index contributed by atoms with van der Waals surface area (Å²) < 4.78 is 2.25. The van der Waals surface area contributed by atoms with Crippen LogP contribution in [0, 0.1) is 0 Å². The number of para-hydroxylation sites is 1. The Bertz CT molecular complexity index is 998. The van der Waals surface area contributed by atoms with Crippen molar-refractivity contribution in [2.24, 2.45) is 0 Å². The zero-order valence-electron chi connectivity index (χ0n) is 16.6. The van der Waals surface area contributed by atoms with Crippen molar-refractivity contribution in [1.82, 2.24) is 24.6 Å². The highest BCUT2D eigenvalue weighted by Crippen LogP contribution is 2.42. The molecule has 1 saturated heterocycles. The Balaban J connectivity index is 1.35. The van der Waals surface area contributed by atoms with Crippen LogP contribution in [-0.4, -0.2) is 49.4 Å². The first-order valence-corrected chi connectivity index (χ1v) is 11.7. The van der Waals surface area contributed by atoms with Gasteiger partial charge in [-0.2, -0.15) is 0 Å². The van der Waals surface area contributed by atoms with Gasteiger partial charge in [-0.25, -0.2) is 0 Å². The molecule has 7 heteroatoms. The van der Waals surface area contributed by atoms with E-state index in [4.69, 9.17) is 0 Å². The number of benzene rings is 1. The number of hydrogen-bond donors (Lipinski definition) is 1. The molecule has 1 amide bonds. The number of aromatic nitrogens is 4. The Morgan fingerprint density at radius 2 is 1.83 bits per heavy atom. The molecular weight excluding hydrogens is 382 g/mol. The largest absolute Gasteiger partial charge is 0.360 e. The Morgan fingerprint density at radius 3 is 2.62 bits per heavy atom. The van der Waals surface area contributed by atoms with Crippen molar-refractivity contribution in [2.45, 2.75) is 56.1 Å². The predicted octanol–water partition coefficient (Wildman–Crippen LogP) is 4.65. The lowest BCUT2D eigenvalue weighted by Crippen LogP contribution is -2.35. The third kappa shape index (κ3) is 3.92. The van der Waals surface area contributed by atoms with Crippen LogP contribution < -0.4 is 0 Å². The van der Waals surface area contributed by atoms with E-state index in [0.717, 1.165) is 66.2 Å². The molecule has 2 fully saturated rings. The molecule has 1 aliphatic carbocycles. The van der Waals surface area contributed by atoms with Gasteiger partial charge in [0.2, 0.25) is 5.91 Å². The number of nitrogens with one attached hydrogen (secondary N) is 1. The quantitative estimate of drug-likeness (QED) is 0.623. The summed E-state index contributed by atoms with van der Waals surface area (Å²) in [6.07, 6.45) is 10.4. The zero-order chi connectivity index (χ0) is 19.6. The second kappa shape index (κ2) is 8.22. The average Bonchev–Trinajstić information content (AvgIpc) is 3.32. The third-order valence-electron chi connectivity index (χ3n) is 5.94. The molecule has 29 heavy (non-hydrogen) atoms. The second-order valence-corrected chi connectivity index (χ2v) is 9.04. The Labute approximate surface area is 175 Å². The van der Waals surface area contributed by atoms with E-state index in [9.17, 15) is 4.79 Å². The van der Waals surface area contributed by atoms with Gasteiger partial charge in [0.05, 0.1) is 5.75 Å². The first kappa shape index (κ1) is 18.7. The summed E-state index contributed by atoms with van der Waals surface area (Å²) in [6.45, 7) is 1.80. The molecule has 2 aromatic heterocycles. The van der Waals surface area contributed by atoms with Crippen molar-refractivity contribution in [3.63, 3.8) is 0 Å². The van der Waals surface area contributed by atoms with Gasteiger partial charge in [-0.1, -0.05) is 49.2 Å². The van der Waals surface area contributed by atoms with Crippen LogP contribution in [0.25, 0.3) is 22.3 Å². The minimum atomic E-state index is 0.232. The molecule has 5 rings (SSSR count). The zero-order valence-corrected chi connectivity index (χ0v) is 17.5. The van der Waals surface area contributed by atoms with Gasteiger partial charge in [-0.05, 0) is 31.7 Å². The third-order valence-corrected chi connectivity index (χ3v) is 6.87. The van der Waals surface area contributed by atoms with Crippen LogP contribution in [0.2, 0.25) is 0 Å². The van der Waals surface area contributed by atoms with Crippen molar-refractivity contribution in [2.75, 3.05) is 18.8 Å². The number of fused-ring (bicyclic) bond motifs is 1. The Morgan fingerprint density at radius 1 is 1.07 bits per heavy atom. The highest BCUT2D eigenvalue weighted by molar-refractivity contribution is 7.99. The smallest absolute Gasteiger partial charge is 0.233 e. The first-order valence-electron chi connectivity index (χ1n) is 10.7. The lowest BCUT2D eigenvalue weighted by molar-refractivity contribution is -0.128. The summed E-state index contributed by atoms with van der Waals surface area (Å²) in [6, 6.07) is 8.73. The maximum Gasteiger partial charge on any atom is 0.233 e. The minimum absolute atomic E-state index is 0.232. The van der Waals surface area contributed by atoms with Crippen molar-refractivity contribution in [3.05, 3.63) is 30.5 Å². The fourth-order valence-electron chi connectivity index (χ4n) is 4.19. The topological polar surface area (TPSA) is 66.8 Å². The lowest BCUT2D eigenvalue weighted by Gasteiger charge is -2.24. The molecule has 0 unspecified atom stereocenters. The number of carbonyl (C=O) groups excluding carboxylic acids is 1. The van der Waals surface area contributed by atoms with Crippen LogP contribution >= 0.6 is 11.8 Å². The van der Waals surface area contributed by atoms with Crippen molar-refractivity contribution >= 4 is 28.6 Å². The van der Waals surface area contributed by atoms with E-state index >= 15 is 0 Å². The molecule has 1 aliphatic heterocycles. The Kier molecular flexibility index (Phi) is 5.31. The molecule has 1 aromatic carbocycles. The number of rotatable bonds is 5. The number of hydrogen-bond acceptors (Lipinski definition) is 4. The molecule has 6 nitrogen and oxygen atoms in total. The van der Waals surface area contributed by atoms with E-state index < -0.39 is 0 Å². The van der Waals surface area contributed by atoms with Gasteiger partial charge >= 0.3 is 0 Å². The molecule has 1 N–H and O–H groups in total. The van der Waals surface area contributed by atoms with Crippen LogP contribution in [0.4, 0.5) is 0 Å². The monoisotopic (exact) mass is 409 g/mol. The molecule has 0 radical (unpaired) electrons. The highest BCUT2D eigenvalue weighted by atomic mass is 32.2. The van der Waals surface area contributed by atoms with Crippen LogP contribution in [0.3, 0.4) is 0 Å². The van der Waals surface area contributed by atoms with Gasteiger partial charge < -0.3 is 9.88 Å². The summed E-state index contributed by atoms with van der Waals surface area (Å²) in [5, 5.41) is 11.0. The molecule has 0 bridgehead atoms. The maximum absolute atomic E-state index is 12.8. The van der Waals surface area contributed by atoms with Gasteiger partial charge in [0.1, 0.15) is 0 Å². The normalized spacial score (nSPS) is 18.0. The number of amides is 1. The fraction of sp³-hybridized carbons (Fsp3) is 0.500. The van der Waals surface area contributed by atoms with E-state index in [2.05, 4.69) is 37.9 Å². The van der Waals surface area contributed by atoms with E-state index in [1.807, 2.05) is 17.2 Å². The number of carbonyl (C=O) groups is 1. The van der Waals surface area contributed by atoms with E-state index in [1.54, 1.807) is 11.8 Å². The molecule has 0 spiro atoms. The molecule has 1 saturated carbocycles. The van der Waals surface area contributed by atoms with Crippen molar-refractivity contribution in [3.8, 4) is 11.4 Å². The standard InChI is InChI=1S/C22H27N5OS/c28-20(26-12-6-2-1-3-7-13-26)15-29-22-25-24-21(27(22)16-10-11-16)18-14-23-19-9-5-4-8-17(18)19/h4-5,8-9,14,16,23H,1-3,6-7,10-13,15H2. The van der Waals surface area contributed by atoms with Crippen LogP contribution in [0.1, 0.15) is 51.0 Å². The number of H-pyrrole nitrogens is 1. The molecule has 0 atom stereocenters. The summed E-state index contributed by atoms with van der Waals surface area (Å²) in [5.74, 6) is 1.58. The van der Waals surface area contributed by atoms with E-state index in [1.165, 1.54) is 19.3 Å². The fourth-order valence-corrected chi connectivity index (χ4v) is 5.10. The summed E-state index contributed by atoms with van der Waals surface area (Å²) in [7, 11) is 0. The van der Waals surface area contributed by atoms with E-state index in [0.29, 0.717) is 11.8 Å².